The Morgan fingerprint density at radius 1 is 1.21 bits per heavy atom. The van der Waals surface area contributed by atoms with Crippen molar-refractivity contribution in [3.8, 4) is 0 Å². The van der Waals surface area contributed by atoms with E-state index in [1.54, 1.807) is 14.2 Å². The average molecular weight is 263 g/mol. The lowest BCUT2D eigenvalue weighted by Crippen LogP contribution is -2.44. The molecule has 1 rings (SSSR count). The summed E-state index contributed by atoms with van der Waals surface area (Å²) in [5.74, 6) is 0.807. The van der Waals surface area contributed by atoms with Gasteiger partial charge in [-0.2, -0.15) is 0 Å². The zero-order valence-electron chi connectivity index (χ0n) is 12.4. The van der Waals surface area contributed by atoms with Crippen LogP contribution in [0, 0.1) is 0 Å². The Kier molecular flexibility index (Phi) is 6.36. The number of guanidine groups is 1. The summed E-state index contributed by atoms with van der Waals surface area (Å²) in [5, 5.41) is 6.56. The third kappa shape index (κ3) is 5.30. The van der Waals surface area contributed by atoms with Crippen molar-refractivity contribution in [2.75, 3.05) is 33.9 Å². The Hall–Kier alpha value is -1.55. The molecule has 0 spiro atoms. The van der Waals surface area contributed by atoms with Crippen LogP contribution < -0.4 is 10.6 Å². The van der Waals surface area contributed by atoms with Gasteiger partial charge in [0.15, 0.2) is 5.96 Å². The summed E-state index contributed by atoms with van der Waals surface area (Å²) in [6.07, 6.45) is 0. The van der Waals surface area contributed by atoms with Crippen molar-refractivity contribution >= 4 is 5.96 Å². The van der Waals surface area contributed by atoms with E-state index < -0.39 is 0 Å². The average Bonchev–Trinajstić information content (AvgIpc) is 2.43. The molecular weight excluding hydrogens is 238 g/mol. The lowest BCUT2D eigenvalue weighted by Gasteiger charge is -2.26. The van der Waals surface area contributed by atoms with Crippen LogP contribution in [0.2, 0.25) is 0 Å². The summed E-state index contributed by atoms with van der Waals surface area (Å²) in [6.45, 7) is 6.68. The summed E-state index contributed by atoms with van der Waals surface area (Å²) in [4.78, 5) is 4.20. The van der Waals surface area contributed by atoms with E-state index in [1.165, 1.54) is 5.56 Å². The molecule has 0 bridgehead atoms. The molecule has 19 heavy (non-hydrogen) atoms. The number of hydrogen-bond donors (Lipinski definition) is 2. The molecule has 0 radical (unpaired) electrons. The Labute approximate surface area is 116 Å². The standard InChI is InChI=1S/C15H25N3O/c1-15(2,13-8-6-5-7-9-13)12-18-14(16-3)17-10-11-19-4/h5-9H,10-12H2,1-4H3,(H2,16,17,18). The van der Waals surface area contributed by atoms with Crippen LogP contribution >= 0.6 is 0 Å². The molecule has 2 N–H and O–H groups in total. The van der Waals surface area contributed by atoms with Gasteiger partial charge in [-0.3, -0.25) is 4.99 Å². The maximum absolute atomic E-state index is 5.01. The Morgan fingerprint density at radius 2 is 1.89 bits per heavy atom. The van der Waals surface area contributed by atoms with E-state index in [0.717, 1.165) is 19.0 Å². The lowest BCUT2D eigenvalue weighted by molar-refractivity contribution is 0.203. The van der Waals surface area contributed by atoms with Gasteiger partial charge in [0.25, 0.3) is 0 Å². The van der Waals surface area contributed by atoms with E-state index in [4.69, 9.17) is 4.74 Å². The van der Waals surface area contributed by atoms with Crippen molar-refractivity contribution < 1.29 is 4.74 Å². The molecule has 1 aromatic carbocycles. The minimum absolute atomic E-state index is 0.0557. The second-order valence-electron chi connectivity index (χ2n) is 5.10. The van der Waals surface area contributed by atoms with Gasteiger partial charge in [-0.1, -0.05) is 44.2 Å². The molecule has 106 valence electrons. The van der Waals surface area contributed by atoms with Crippen LogP contribution in [0.5, 0.6) is 0 Å². The van der Waals surface area contributed by atoms with Crippen molar-refractivity contribution in [2.45, 2.75) is 19.3 Å². The van der Waals surface area contributed by atoms with E-state index in [-0.39, 0.29) is 5.41 Å². The first kappa shape index (κ1) is 15.5. The van der Waals surface area contributed by atoms with Crippen molar-refractivity contribution in [1.82, 2.24) is 10.6 Å². The molecule has 0 fully saturated rings. The molecule has 4 nitrogen and oxygen atoms in total. The number of nitrogens with one attached hydrogen (secondary N) is 2. The van der Waals surface area contributed by atoms with Crippen molar-refractivity contribution in [1.29, 1.82) is 0 Å². The molecular formula is C15H25N3O. The first-order valence-corrected chi connectivity index (χ1v) is 6.59. The van der Waals surface area contributed by atoms with Gasteiger partial charge in [0, 0.05) is 32.7 Å². The fourth-order valence-electron chi connectivity index (χ4n) is 1.79. The molecule has 0 saturated carbocycles. The zero-order chi connectivity index (χ0) is 14.1. The summed E-state index contributed by atoms with van der Waals surface area (Å²) < 4.78 is 5.01. The number of nitrogens with zero attached hydrogens (tertiary/aromatic N) is 1. The van der Waals surface area contributed by atoms with Gasteiger partial charge in [-0.15, -0.1) is 0 Å². The summed E-state index contributed by atoms with van der Waals surface area (Å²) >= 11 is 0. The van der Waals surface area contributed by atoms with E-state index in [0.29, 0.717) is 6.61 Å². The Balaban J connectivity index is 2.50. The summed E-state index contributed by atoms with van der Waals surface area (Å²) in [6, 6.07) is 10.5. The van der Waals surface area contributed by atoms with E-state index >= 15 is 0 Å². The van der Waals surface area contributed by atoms with Crippen LogP contribution in [-0.2, 0) is 10.2 Å². The monoisotopic (exact) mass is 263 g/mol. The second-order valence-corrected chi connectivity index (χ2v) is 5.10. The van der Waals surface area contributed by atoms with Gasteiger partial charge in [0.05, 0.1) is 6.61 Å². The molecule has 0 saturated heterocycles. The van der Waals surface area contributed by atoms with Crippen LogP contribution in [0.3, 0.4) is 0 Å². The second kappa shape index (κ2) is 7.79. The quantitative estimate of drug-likeness (QED) is 0.467. The van der Waals surface area contributed by atoms with Gasteiger partial charge >= 0.3 is 0 Å². The smallest absolute Gasteiger partial charge is 0.191 e. The van der Waals surface area contributed by atoms with Gasteiger partial charge in [0.2, 0.25) is 0 Å². The lowest BCUT2D eigenvalue weighted by atomic mass is 9.85. The molecule has 0 atom stereocenters. The Morgan fingerprint density at radius 3 is 2.47 bits per heavy atom. The van der Waals surface area contributed by atoms with Gasteiger partial charge in [-0.25, -0.2) is 0 Å². The minimum atomic E-state index is 0.0557. The first-order chi connectivity index (χ1) is 9.10. The maximum Gasteiger partial charge on any atom is 0.191 e. The van der Waals surface area contributed by atoms with Gasteiger partial charge < -0.3 is 15.4 Å². The molecule has 1 aromatic rings. The molecule has 0 aromatic heterocycles. The maximum atomic E-state index is 5.01. The number of hydrogen-bond acceptors (Lipinski definition) is 2. The fourth-order valence-corrected chi connectivity index (χ4v) is 1.79. The highest BCUT2D eigenvalue weighted by molar-refractivity contribution is 5.79. The zero-order valence-corrected chi connectivity index (χ0v) is 12.4. The number of methoxy groups -OCH3 is 1. The largest absolute Gasteiger partial charge is 0.383 e. The molecule has 0 aliphatic heterocycles. The van der Waals surface area contributed by atoms with Crippen LogP contribution in [0.25, 0.3) is 0 Å². The predicted molar refractivity (Wildman–Crippen MR) is 80.7 cm³/mol. The summed E-state index contributed by atoms with van der Waals surface area (Å²) in [5.41, 5.74) is 1.37. The third-order valence-electron chi connectivity index (χ3n) is 3.08. The molecule has 4 heteroatoms. The number of benzene rings is 1. The molecule has 0 unspecified atom stereocenters. The van der Waals surface area contributed by atoms with Gasteiger partial charge in [-0.05, 0) is 5.56 Å². The predicted octanol–water partition coefficient (Wildman–Crippen LogP) is 1.78. The van der Waals surface area contributed by atoms with Crippen LogP contribution in [-0.4, -0.2) is 39.8 Å². The molecule has 0 aliphatic rings. The molecule has 0 heterocycles. The van der Waals surface area contributed by atoms with E-state index in [2.05, 4.69) is 53.7 Å². The third-order valence-corrected chi connectivity index (χ3v) is 3.08. The van der Waals surface area contributed by atoms with Crippen molar-refractivity contribution in [2.24, 2.45) is 4.99 Å². The van der Waals surface area contributed by atoms with Crippen LogP contribution in [0.15, 0.2) is 35.3 Å². The number of aliphatic imine (C=N–C) groups is 1. The highest BCUT2D eigenvalue weighted by atomic mass is 16.5. The first-order valence-electron chi connectivity index (χ1n) is 6.59. The minimum Gasteiger partial charge on any atom is -0.383 e. The molecule has 0 aliphatic carbocycles. The van der Waals surface area contributed by atoms with Crippen LogP contribution in [0.4, 0.5) is 0 Å². The normalized spacial score (nSPS) is 12.3. The Bertz CT molecular complexity index is 388. The topological polar surface area (TPSA) is 45.7 Å². The van der Waals surface area contributed by atoms with E-state index in [1.807, 2.05) is 6.07 Å². The molecule has 0 amide bonds. The fraction of sp³-hybridized carbons (Fsp3) is 0.533. The summed E-state index contributed by atoms with van der Waals surface area (Å²) in [7, 11) is 3.47. The number of ether oxygens (including phenoxy) is 1. The van der Waals surface area contributed by atoms with E-state index in [9.17, 15) is 0 Å². The SMILES string of the molecule is CN=C(NCCOC)NCC(C)(C)c1ccccc1. The number of rotatable bonds is 6. The van der Waals surface area contributed by atoms with Gasteiger partial charge in [0.1, 0.15) is 0 Å². The highest BCUT2D eigenvalue weighted by Crippen LogP contribution is 2.21. The van der Waals surface area contributed by atoms with Crippen molar-refractivity contribution in [3.63, 3.8) is 0 Å². The van der Waals surface area contributed by atoms with Crippen molar-refractivity contribution in [3.05, 3.63) is 35.9 Å². The van der Waals surface area contributed by atoms with Crippen LogP contribution in [0.1, 0.15) is 19.4 Å². The highest BCUT2D eigenvalue weighted by Gasteiger charge is 2.20.